The molecular formula is C5H2ClN3O2. The third kappa shape index (κ3) is 0.894. The molecule has 2 aromatic rings. The SMILES string of the molecule is [O-][n+]1onc2ncc(Cl)cc21. The number of hydrogen-bond donors (Lipinski definition) is 0. The summed E-state index contributed by atoms with van der Waals surface area (Å²) in [7, 11) is 0. The van der Waals surface area contributed by atoms with E-state index < -0.39 is 0 Å². The molecule has 2 rings (SSSR count). The van der Waals surface area contributed by atoms with Gasteiger partial charge in [0, 0.05) is 6.07 Å². The van der Waals surface area contributed by atoms with E-state index in [0.29, 0.717) is 5.02 Å². The van der Waals surface area contributed by atoms with Crippen LogP contribution in [-0.4, -0.2) is 10.1 Å². The summed E-state index contributed by atoms with van der Waals surface area (Å²) in [6.45, 7) is 0. The number of aromatic nitrogens is 3. The second kappa shape index (κ2) is 2.06. The molecule has 11 heavy (non-hydrogen) atoms. The monoisotopic (exact) mass is 171 g/mol. The molecule has 0 aliphatic heterocycles. The lowest BCUT2D eigenvalue weighted by molar-refractivity contribution is -0.782. The van der Waals surface area contributed by atoms with Gasteiger partial charge in [-0.15, -0.1) is 0 Å². The molecule has 0 N–H and O–H groups in total. The highest BCUT2D eigenvalue weighted by atomic mass is 35.5. The van der Waals surface area contributed by atoms with Crippen LogP contribution in [0.1, 0.15) is 0 Å². The fraction of sp³-hybridized carbons (Fsp3) is 0. The van der Waals surface area contributed by atoms with Gasteiger partial charge in [0.15, 0.2) is 0 Å². The van der Waals surface area contributed by atoms with Crippen molar-refractivity contribution in [3.63, 3.8) is 0 Å². The summed E-state index contributed by atoms with van der Waals surface area (Å²) >= 11 is 5.56. The normalized spacial score (nSPS) is 10.6. The van der Waals surface area contributed by atoms with Crippen LogP contribution in [0.3, 0.4) is 0 Å². The summed E-state index contributed by atoms with van der Waals surface area (Å²) in [5, 5.41) is 14.5. The van der Waals surface area contributed by atoms with Gasteiger partial charge < -0.3 is 5.21 Å². The Morgan fingerprint density at radius 2 is 2.45 bits per heavy atom. The van der Waals surface area contributed by atoms with Gasteiger partial charge in [0.05, 0.1) is 16.4 Å². The summed E-state index contributed by atoms with van der Waals surface area (Å²) in [5.74, 6) is 0. The maximum absolute atomic E-state index is 10.7. The molecule has 6 heteroatoms. The average Bonchev–Trinajstić information content (AvgIpc) is 2.33. The Bertz CT molecular complexity index is 400. The lowest BCUT2D eigenvalue weighted by atomic mass is 10.4. The number of rotatable bonds is 0. The van der Waals surface area contributed by atoms with E-state index in [2.05, 4.69) is 14.8 Å². The zero-order valence-corrected chi connectivity index (χ0v) is 5.95. The first kappa shape index (κ1) is 6.36. The van der Waals surface area contributed by atoms with Crippen molar-refractivity contribution in [2.45, 2.75) is 0 Å². The third-order valence-electron chi connectivity index (χ3n) is 1.21. The lowest BCUT2D eigenvalue weighted by Gasteiger charge is -1.85. The maximum Gasteiger partial charge on any atom is 0.340 e. The first-order valence-electron chi connectivity index (χ1n) is 2.78. The fourth-order valence-electron chi connectivity index (χ4n) is 0.746. The van der Waals surface area contributed by atoms with Crippen molar-refractivity contribution >= 4 is 22.8 Å². The lowest BCUT2D eigenvalue weighted by Crippen LogP contribution is -2.22. The minimum absolute atomic E-state index is 0.234. The summed E-state index contributed by atoms with van der Waals surface area (Å²) in [5.41, 5.74) is 0.488. The van der Waals surface area contributed by atoms with Gasteiger partial charge in [-0.2, -0.15) is 0 Å². The highest BCUT2D eigenvalue weighted by Crippen LogP contribution is 2.10. The van der Waals surface area contributed by atoms with Crippen LogP contribution in [0.25, 0.3) is 11.2 Å². The minimum Gasteiger partial charge on any atom is -0.359 e. The molecule has 0 saturated carbocycles. The molecule has 0 atom stereocenters. The highest BCUT2D eigenvalue weighted by Gasteiger charge is 2.09. The molecule has 2 heterocycles. The predicted octanol–water partition coefficient (Wildman–Crippen LogP) is 0.510. The van der Waals surface area contributed by atoms with Gasteiger partial charge in [-0.3, -0.25) is 4.63 Å². The van der Waals surface area contributed by atoms with Crippen molar-refractivity contribution in [3.8, 4) is 0 Å². The molecule has 5 nitrogen and oxygen atoms in total. The van der Waals surface area contributed by atoms with E-state index in [-0.39, 0.29) is 16.1 Å². The molecular weight excluding hydrogens is 170 g/mol. The van der Waals surface area contributed by atoms with Crippen molar-refractivity contribution < 1.29 is 9.53 Å². The Labute approximate surface area is 65.7 Å². The van der Waals surface area contributed by atoms with Gasteiger partial charge >= 0.3 is 5.65 Å². The first-order chi connectivity index (χ1) is 5.27. The van der Waals surface area contributed by atoms with Gasteiger partial charge in [-0.05, 0) is 4.90 Å². The van der Waals surface area contributed by atoms with Crippen LogP contribution in [0.5, 0.6) is 0 Å². The molecule has 0 unspecified atom stereocenters. The van der Waals surface area contributed by atoms with Crippen LogP contribution < -0.4 is 4.90 Å². The van der Waals surface area contributed by atoms with Gasteiger partial charge in [-0.25, -0.2) is 4.98 Å². The quantitative estimate of drug-likeness (QED) is 0.542. The Balaban J connectivity index is 2.87. The average molecular weight is 172 g/mol. The Morgan fingerprint density at radius 3 is 3.27 bits per heavy atom. The molecule has 0 aliphatic rings. The van der Waals surface area contributed by atoms with E-state index in [4.69, 9.17) is 11.6 Å². The number of pyridine rings is 1. The molecule has 0 bridgehead atoms. The Hall–Kier alpha value is -1.36. The summed E-state index contributed by atoms with van der Waals surface area (Å²) in [6.07, 6.45) is 1.40. The number of fused-ring (bicyclic) bond motifs is 1. The van der Waals surface area contributed by atoms with E-state index in [1.165, 1.54) is 12.3 Å². The third-order valence-corrected chi connectivity index (χ3v) is 1.42. The summed E-state index contributed by atoms with van der Waals surface area (Å²) < 4.78 is 4.26. The van der Waals surface area contributed by atoms with Crippen LogP contribution in [0, 0.1) is 5.21 Å². The van der Waals surface area contributed by atoms with Crippen LogP contribution in [0.15, 0.2) is 16.9 Å². The van der Waals surface area contributed by atoms with Crippen molar-refractivity contribution in [3.05, 3.63) is 22.5 Å². The maximum atomic E-state index is 10.7. The minimum atomic E-state index is 0.234. The van der Waals surface area contributed by atoms with Crippen LogP contribution >= 0.6 is 11.6 Å². The summed E-state index contributed by atoms with van der Waals surface area (Å²) in [6, 6.07) is 1.44. The molecule has 56 valence electrons. The van der Waals surface area contributed by atoms with Gasteiger partial charge in [0.1, 0.15) is 0 Å². The van der Waals surface area contributed by atoms with E-state index in [9.17, 15) is 5.21 Å². The predicted molar refractivity (Wildman–Crippen MR) is 35.8 cm³/mol. The van der Waals surface area contributed by atoms with Crippen molar-refractivity contribution in [1.29, 1.82) is 0 Å². The zero-order chi connectivity index (χ0) is 7.84. The second-order valence-electron chi connectivity index (χ2n) is 1.93. The molecule has 2 aromatic heterocycles. The molecule has 0 aliphatic carbocycles. The first-order valence-corrected chi connectivity index (χ1v) is 3.16. The number of halogens is 1. The Morgan fingerprint density at radius 1 is 1.64 bits per heavy atom. The smallest absolute Gasteiger partial charge is 0.340 e. The molecule has 0 spiro atoms. The standard InChI is InChI=1S/C5H2ClN3O2/c6-3-1-4-5(7-2-3)8-11-9(4)10/h1-2H. The highest BCUT2D eigenvalue weighted by molar-refractivity contribution is 6.30. The van der Waals surface area contributed by atoms with Gasteiger partial charge in [-0.1, -0.05) is 11.6 Å². The van der Waals surface area contributed by atoms with E-state index in [1.54, 1.807) is 0 Å². The number of nitrogens with zero attached hydrogens (tertiary/aromatic N) is 3. The van der Waals surface area contributed by atoms with Crippen molar-refractivity contribution in [2.24, 2.45) is 0 Å². The number of hydrogen-bond acceptors (Lipinski definition) is 4. The largest absolute Gasteiger partial charge is 0.359 e. The van der Waals surface area contributed by atoms with Gasteiger partial charge in [0.2, 0.25) is 5.52 Å². The van der Waals surface area contributed by atoms with Crippen LogP contribution in [-0.2, 0) is 0 Å². The van der Waals surface area contributed by atoms with E-state index >= 15 is 0 Å². The van der Waals surface area contributed by atoms with E-state index in [1.807, 2.05) is 0 Å². The van der Waals surface area contributed by atoms with Crippen molar-refractivity contribution in [2.75, 3.05) is 0 Å². The summed E-state index contributed by atoms with van der Waals surface area (Å²) in [4.78, 5) is 4.00. The molecule has 0 aromatic carbocycles. The second-order valence-corrected chi connectivity index (χ2v) is 2.36. The Kier molecular flexibility index (Phi) is 1.19. The molecule has 0 amide bonds. The fourth-order valence-corrected chi connectivity index (χ4v) is 0.898. The van der Waals surface area contributed by atoms with E-state index in [0.717, 1.165) is 0 Å². The molecule has 0 saturated heterocycles. The molecule has 0 radical (unpaired) electrons. The van der Waals surface area contributed by atoms with Crippen LogP contribution in [0.4, 0.5) is 0 Å². The zero-order valence-electron chi connectivity index (χ0n) is 5.19. The molecule has 0 fully saturated rings. The topological polar surface area (TPSA) is 65.9 Å². The van der Waals surface area contributed by atoms with Crippen LogP contribution in [0.2, 0.25) is 5.02 Å². The van der Waals surface area contributed by atoms with Gasteiger partial charge in [0.25, 0.3) is 0 Å². The van der Waals surface area contributed by atoms with Crippen molar-refractivity contribution in [1.82, 2.24) is 10.1 Å².